The molecule has 0 radical (unpaired) electrons. The first-order chi connectivity index (χ1) is 13.6. The van der Waals surface area contributed by atoms with Gasteiger partial charge >= 0.3 is 5.97 Å². The second-order valence-electron chi connectivity index (χ2n) is 8.97. The molecular formula is C24H30O5. The van der Waals surface area contributed by atoms with Gasteiger partial charge in [0.25, 0.3) is 0 Å². The number of carbonyl (C=O) groups is 1. The van der Waals surface area contributed by atoms with Gasteiger partial charge in [-0.15, -0.1) is 0 Å². The average molecular weight is 398 g/mol. The fourth-order valence-electron chi connectivity index (χ4n) is 3.75. The number of ether oxygens (including phenoxy) is 2. The molecule has 0 aliphatic carbocycles. The minimum Gasteiger partial charge on any atom is -0.493 e. The summed E-state index contributed by atoms with van der Waals surface area (Å²) >= 11 is 0. The fourth-order valence-corrected chi connectivity index (χ4v) is 3.75. The standard InChI is InChI=1S/C12H14O3.C12H16O2/c1-12(2)5-6-15-10-4-3-8(11(13)14)7-9(10)12;1-12(2)5-6-14-11-4-3-9(8-13)7-10(11)12/h3-4,7H,5-6H2,1-2H3,(H,13,14);3-4,7,13H,5-6,8H2,1-2H3. The molecule has 0 spiro atoms. The Bertz CT molecular complexity index is 898. The molecule has 2 aliphatic heterocycles. The second kappa shape index (κ2) is 8.07. The maximum Gasteiger partial charge on any atom is 0.335 e. The quantitative estimate of drug-likeness (QED) is 0.768. The van der Waals surface area contributed by atoms with Gasteiger partial charge in [0.15, 0.2) is 0 Å². The Balaban J connectivity index is 0.000000166. The lowest BCUT2D eigenvalue weighted by molar-refractivity contribution is 0.0696. The number of hydrogen-bond donors (Lipinski definition) is 2. The van der Waals surface area contributed by atoms with Crippen LogP contribution in [0.3, 0.4) is 0 Å². The van der Waals surface area contributed by atoms with Crippen LogP contribution in [0.5, 0.6) is 11.5 Å². The van der Waals surface area contributed by atoms with Gasteiger partial charge in [-0.2, -0.15) is 0 Å². The summed E-state index contributed by atoms with van der Waals surface area (Å²) < 4.78 is 11.1. The summed E-state index contributed by atoms with van der Waals surface area (Å²) in [5, 5.41) is 18.0. The molecule has 0 aromatic heterocycles. The van der Waals surface area contributed by atoms with E-state index in [4.69, 9.17) is 19.7 Å². The second-order valence-corrected chi connectivity index (χ2v) is 8.97. The summed E-state index contributed by atoms with van der Waals surface area (Å²) in [5.74, 6) is 0.897. The molecule has 2 aromatic carbocycles. The van der Waals surface area contributed by atoms with Crippen LogP contribution in [0.15, 0.2) is 36.4 Å². The molecular weight excluding hydrogens is 368 g/mol. The molecule has 2 N–H and O–H groups in total. The first-order valence-corrected chi connectivity index (χ1v) is 10.0. The van der Waals surface area contributed by atoms with Gasteiger partial charge in [-0.3, -0.25) is 0 Å². The van der Waals surface area contributed by atoms with Crippen molar-refractivity contribution in [1.29, 1.82) is 0 Å². The molecule has 5 heteroatoms. The number of carboxylic acid groups (broad SMARTS) is 1. The summed E-state index contributed by atoms with van der Waals surface area (Å²) in [6, 6.07) is 11.0. The highest BCUT2D eigenvalue weighted by atomic mass is 16.5. The lowest BCUT2D eigenvalue weighted by Gasteiger charge is -2.32. The third kappa shape index (κ3) is 4.56. The van der Waals surface area contributed by atoms with Gasteiger partial charge in [-0.05, 0) is 59.6 Å². The molecule has 2 aromatic rings. The summed E-state index contributed by atoms with van der Waals surface area (Å²) in [7, 11) is 0. The van der Waals surface area contributed by atoms with Crippen LogP contribution in [0.1, 0.15) is 67.6 Å². The van der Waals surface area contributed by atoms with Crippen molar-refractivity contribution in [2.75, 3.05) is 13.2 Å². The normalized spacial score (nSPS) is 18.1. The van der Waals surface area contributed by atoms with Crippen molar-refractivity contribution in [3.8, 4) is 11.5 Å². The molecule has 0 saturated carbocycles. The zero-order valence-corrected chi connectivity index (χ0v) is 17.6. The van der Waals surface area contributed by atoms with Crippen molar-refractivity contribution in [1.82, 2.24) is 0 Å². The summed E-state index contributed by atoms with van der Waals surface area (Å²) in [5.41, 5.74) is 3.66. The van der Waals surface area contributed by atoms with Crippen LogP contribution in [0, 0.1) is 0 Å². The van der Waals surface area contributed by atoms with E-state index in [0.29, 0.717) is 12.2 Å². The molecule has 2 heterocycles. The number of benzene rings is 2. The molecule has 4 rings (SSSR count). The Labute approximate surface area is 172 Å². The zero-order valence-electron chi connectivity index (χ0n) is 17.6. The van der Waals surface area contributed by atoms with Crippen molar-refractivity contribution >= 4 is 5.97 Å². The van der Waals surface area contributed by atoms with E-state index in [2.05, 4.69) is 33.8 Å². The van der Waals surface area contributed by atoms with Crippen LogP contribution < -0.4 is 9.47 Å². The number of carboxylic acids is 1. The van der Waals surface area contributed by atoms with E-state index in [0.717, 1.165) is 42.1 Å². The van der Waals surface area contributed by atoms with Crippen molar-refractivity contribution < 1.29 is 24.5 Å². The number of aliphatic hydroxyl groups is 1. The number of aliphatic hydroxyl groups excluding tert-OH is 1. The van der Waals surface area contributed by atoms with Gasteiger partial charge in [0.2, 0.25) is 0 Å². The fraction of sp³-hybridized carbons (Fsp3) is 0.458. The van der Waals surface area contributed by atoms with Gasteiger partial charge in [0.05, 0.1) is 25.4 Å². The molecule has 0 atom stereocenters. The van der Waals surface area contributed by atoms with Crippen molar-refractivity contribution in [3.05, 3.63) is 58.7 Å². The third-order valence-corrected chi connectivity index (χ3v) is 5.88. The SMILES string of the molecule is CC1(C)CCOc2ccc(C(=O)O)cc21.CC1(C)CCOc2ccc(CO)cc21. The Hall–Kier alpha value is -2.53. The predicted octanol–water partition coefficient (Wildman–Crippen LogP) is 4.68. The number of rotatable bonds is 2. The predicted molar refractivity (Wildman–Crippen MR) is 112 cm³/mol. The highest BCUT2D eigenvalue weighted by molar-refractivity contribution is 5.88. The molecule has 0 bridgehead atoms. The Morgan fingerprint density at radius 2 is 1.41 bits per heavy atom. The highest BCUT2D eigenvalue weighted by Gasteiger charge is 2.30. The maximum absolute atomic E-state index is 10.9. The zero-order chi connectivity index (χ0) is 21.2. The first-order valence-electron chi connectivity index (χ1n) is 10.0. The molecule has 156 valence electrons. The Morgan fingerprint density at radius 3 is 1.93 bits per heavy atom. The third-order valence-electron chi connectivity index (χ3n) is 5.88. The van der Waals surface area contributed by atoms with Crippen LogP contribution in [0.25, 0.3) is 0 Å². The van der Waals surface area contributed by atoms with Gasteiger partial charge in [0.1, 0.15) is 11.5 Å². The van der Waals surface area contributed by atoms with E-state index in [1.54, 1.807) is 18.2 Å². The smallest absolute Gasteiger partial charge is 0.335 e. The Kier molecular flexibility index (Phi) is 5.90. The number of fused-ring (bicyclic) bond motifs is 2. The van der Waals surface area contributed by atoms with Gasteiger partial charge < -0.3 is 19.7 Å². The Morgan fingerprint density at radius 1 is 0.897 bits per heavy atom. The molecule has 0 unspecified atom stereocenters. The topological polar surface area (TPSA) is 76.0 Å². The lowest BCUT2D eigenvalue weighted by atomic mass is 9.79. The largest absolute Gasteiger partial charge is 0.493 e. The molecule has 0 saturated heterocycles. The van der Waals surface area contributed by atoms with Crippen molar-refractivity contribution in [3.63, 3.8) is 0 Å². The monoisotopic (exact) mass is 398 g/mol. The van der Waals surface area contributed by atoms with E-state index in [1.165, 1.54) is 5.56 Å². The number of hydrogen-bond acceptors (Lipinski definition) is 4. The van der Waals surface area contributed by atoms with E-state index in [9.17, 15) is 4.79 Å². The van der Waals surface area contributed by atoms with Gasteiger partial charge in [-0.1, -0.05) is 33.8 Å². The summed E-state index contributed by atoms with van der Waals surface area (Å²) in [6.07, 6.45) is 1.96. The van der Waals surface area contributed by atoms with E-state index in [-0.39, 0.29) is 17.4 Å². The molecule has 0 fully saturated rings. The minimum absolute atomic E-state index is 0.000949. The molecule has 2 aliphatic rings. The van der Waals surface area contributed by atoms with E-state index < -0.39 is 5.97 Å². The highest BCUT2D eigenvalue weighted by Crippen LogP contribution is 2.39. The van der Waals surface area contributed by atoms with E-state index in [1.807, 2.05) is 12.1 Å². The van der Waals surface area contributed by atoms with Crippen LogP contribution in [-0.4, -0.2) is 29.4 Å². The maximum atomic E-state index is 10.9. The average Bonchev–Trinajstić information content (AvgIpc) is 2.68. The van der Waals surface area contributed by atoms with Crippen LogP contribution >= 0.6 is 0 Å². The van der Waals surface area contributed by atoms with Crippen LogP contribution in [0.2, 0.25) is 0 Å². The number of aromatic carboxylic acids is 1. The van der Waals surface area contributed by atoms with Crippen LogP contribution in [0.4, 0.5) is 0 Å². The first kappa shape index (κ1) is 21.2. The van der Waals surface area contributed by atoms with Gasteiger partial charge in [-0.25, -0.2) is 4.79 Å². The summed E-state index contributed by atoms with van der Waals surface area (Å²) in [6.45, 7) is 10.2. The molecule has 29 heavy (non-hydrogen) atoms. The minimum atomic E-state index is -0.890. The van der Waals surface area contributed by atoms with Crippen molar-refractivity contribution in [2.24, 2.45) is 0 Å². The van der Waals surface area contributed by atoms with Crippen LogP contribution in [-0.2, 0) is 17.4 Å². The molecule has 5 nitrogen and oxygen atoms in total. The van der Waals surface area contributed by atoms with Gasteiger partial charge in [0, 0.05) is 11.1 Å². The lowest BCUT2D eigenvalue weighted by Crippen LogP contribution is -2.26. The summed E-state index contributed by atoms with van der Waals surface area (Å²) in [4.78, 5) is 10.9. The van der Waals surface area contributed by atoms with E-state index >= 15 is 0 Å². The van der Waals surface area contributed by atoms with Crippen molar-refractivity contribution in [2.45, 2.75) is 58.0 Å². The molecule has 0 amide bonds.